The van der Waals surface area contributed by atoms with E-state index in [1.807, 2.05) is 6.92 Å². The van der Waals surface area contributed by atoms with Gasteiger partial charge in [-0.1, -0.05) is 13.3 Å². The highest BCUT2D eigenvalue weighted by molar-refractivity contribution is 5.98. The first-order valence-corrected chi connectivity index (χ1v) is 8.07. The second kappa shape index (κ2) is 7.84. The van der Waals surface area contributed by atoms with Crippen LogP contribution in [0.1, 0.15) is 35.7 Å². The Morgan fingerprint density at radius 2 is 1.96 bits per heavy atom. The van der Waals surface area contributed by atoms with E-state index in [4.69, 9.17) is 4.74 Å². The SMILES string of the molecule is CCCc1cc(C(=O)N2CCC2C(=O)OC)cc(OC(F)(F)F)c1OC. The van der Waals surface area contributed by atoms with E-state index >= 15 is 0 Å². The summed E-state index contributed by atoms with van der Waals surface area (Å²) in [6.07, 6.45) is -3.45. The van der Waals surface area contributed by atoms with Gasteiger partial charge in [0.2, 0.25) is 0 Å². The fourth-order valence-corrected chi connectivity index (χ4v) is 2.85. The number of likely N-dealkylation sites (tertiary alicyclic amines) is 1. The van der Waals surface area contributed by atoms with E-state index in [2.05, 4.69) is 9.47 Å². The van der Waals surface area contributed by atoms with Gasteiger partial charge in [0.05, 0.1) is 14.2 Å². The number of hydrogen-bond acceptors (Lipinski definition) is 5. The van der Waals surface area contributed by atoms with E-state index < -0.39 is 30.0 Å². The molecule has 2 rings (SSSR count). The minimum Gasteiger partial charge on any atom is -0.493 e. The third-order valence-corrected chi connectivity index (χ3v) is 4.08. The van der Waals surface area contributed by atoms with Crippen LogP contribution in [0, 0.1) is 0 Å². The molecule has 9 heteroatoms. The van der Waals surface area contributed by atoms with E-state index in [0.717, 1.165) is 6.07 Å². The molecule has 1 aliphatic heterocycles. The number of alkyl halides is 3. The van der Waals surface area contributed by atoms with E-state index in [-0.39, 0.29) is 11.3 Å². The van der Waals surface area contributed by atoms with E-state index in [1.165, 1.54) is 25.2 Å². The van der Waals surface area contributed by atoms with Crippen molar-refractivity contribution in [3.8, 4) is 11.5 Å². The molecular weight excluding hydrogens is 355 g/mol. The van der Waals surface area contributed by atoms with Gasteiger partial charge in [0, 0.05) is 12.1 Å². The van der Waals surface area contributed by atoms with Crippen LogP contribution in [0.25, 0.3) is 0 Å². The number of aryl methyl sites for hydroxylation is 1. The van der Waals surface area contributed by atoms with Gasteiger partial charge in [-0.3, -0.25) is 4.79 Å². The summed E-state index contributed by atoms with van der Waals surface area (Å²) in [4.78, 5) is 25.6. The molecule has 0 aromatic heterocycles. The summed E-state index contributed by atoms with van der Waals surface area (Å²) in [5.74, 6) is -1.75. The first-order valence-electron chi connectivity index (χ1n) is 8.07. The molecule has 1 atom stereocenters. The molecule has 0 aliphatic carbocycles. The number of methoxy groups -OCH3 is 2. The molecule has 0 spiro atoms. The molecule has 1 aromatic carbocycles. The monoisotopic (exact) mass is 375 g/mol. The minimum absolute atomic E-state index is 0.00195. The Morgan fingerprint density at radius 3 is 2.42 bits per heavy atom. The van der Waals surface area contributed by atoms with Crippen LogP contribution in [0.5, 0.6) is 11.5 Å². The Hall–Kier alpha value is -2.45. The van der Waals surface area contributed by atoms with Gasteiger partial charge in [-0.15, -0.1) is 13.2 Å². The van der Waals surface area contributed by atoms with Gasteiger partial charge in [0.25, 0.3) is 5.91 Å². The Balaban J connectivity index is 2.41. The predicted octanol–water partition coefficient (Wildman–Crippen LogP) is 2.93. The van der Waals surface area contributed by atoms with Gasteiger partial charge in [0.1, 0.15) is 6.04 Å². The highest BCUT2D eigenvalue weighted by Gasteiger charge is 2.40. The van der Waals surface area contributed by atoms with Gasteiger partial charge < -0.3 is 19.1 Å². The van der Waals surface area contributed by atoms with Crippen LogP contribution in [0.3, 0.4) is 0 Å². The maximum Gasteiger partial charge on any atom is 0.573 e. The molecule has 1 aromatic rings. The maximum atomic E-state index is 12.7. The fourth-order valence-electron chi connectivity index (χ4n) is 2.85. The van der Waals surface area contributed by atoms with Crippen molar-refractivity contribution in [2.75, 3.05) is 20.8 Å². The summed E-state index contributed by atoms with van der Waals surface area (Å²) in [6.45, 7) is 2.17. The zero-order chi connectivity index (χ0) is 19.5. The van der Waals surface area contributed by atoms with Crippen molar-refractivity contribution in [3.05, 3.63) is 23.3 Å². The number of hydrogen-bond donors (Lipinski definition) is 0. The number of rotatable bonds is 6. The third kappa shape index (κ3) is 4.20. The molecule has 1 aliphatic rings. The molecule has 144 valence electrons. The van der Waals surface area contributed by atoms with Crippen LogP contribution in [-0.4, -0.2) is 49.9 Å². The number of benzene rings is 1. The number of carbonyl (C=O) groups is 2. The number of carbonyl (C=O) groups excluding carboxylic acids is 2. The zero-order valence-electron chi connectivity index (χ0n) is 14.7. The van der Waals surface area contributed by atoms with Gasteiger partial charge in [0.15, 0.2) is 11.5 Å². The van der Waals surface area contributed by atoms with E-state index in [9.17, 15) is 22.8 Å². The molecule has 0 saturated carbocycles. The second-order valence-corrected chi connectivity index (χ2v) is 5.79. The first kappa shape index (κ1) is 19.9. The fraction of sp³-hybridized carbons (Fsp3) is 0.529. The van der Waals surface area contributed by atoms with Crippen molar-refractivity contribution in [2.24, 2.45) is 0 Å². The van der Waals surface area contributed by atoms with Crippen LogP contribution in [-0.2, 0) is 16.0 Å². The van der Waals surface area contributed by atoms with Crippen molar-refractivity contribution in [2.45, 2.75) is 38.6 Å². The quantitative estimate of drug-likeness (QED) is 0.716. The van der Waals surface area contributed by atoms with Crippen molar-refractivity contribution < 1.29 is 37.0 Å². The summed E-state index contributed by atoms with van der Waals surface area (Å²) in [6, 6.07) is 1.73. The number of esters is 1. The van der Waals surface area contributed by atoms with Crippen molar-refractivity contribution in [1.82, 2.24) is 4.90 Å². The van der Waals surface area contributed by atoms with Gasteiger partial charge in [-0.25, -0.2) is 4.79 Å². The highest BCUT2D eigenvalue weighted by atomic mass is 19.4. The van der Waals surface area contributed by atoms with Gasteiger partial charge in [-0.2, -0.15) is 0 Å². The smallest absolute Gasteiger partial charge is 0.493 e. The second-order valence-electron chi connectivity index (χ2n) is 5.79. The Kier molecular flexibility index (Phi) is 5.99. The van der Waals surface area contributed by atoms with Crippen LogP contribution >= 0.6 is 0 Å². The average Bonchev–Trinajstić information content (AvgIpc) is 2.52. The van der Waals surface area contributed by atoms with Crippen molar-refractivity contribution in [1.29, 1.82) is 0 Å². The molecule has 1 saturated heterocycles. The minimum atomic E-state index is -4.93. The molecule has 1 heterocycles. The Labute approximate surface area is 148 Å². The normalized spacial score (nSPS) is 16.7. The van der Waals surface area contributed by atoms with Crippen molar-refractivity contribution in [3.63, 3.8) is 0 Å². The molecular formula is C17H20F3NO5. The molecule has 1 amide bonds. The third-order valence-electron chi connectivity index (χ3n) is 4.08. The summed E-state index contributed by atoms with van der Waals surface area (Å²) < 4.78 is 51.9. The molecule has 6 nitrogen and oxygen atoms in total. The lowest BCUT2D eigenvalue weighted by molar-refractivity contribution is -0.275. The summed E-state index contributed by atoms with van der Waals surface area (Å²) >= 11 is 0. The number of amides is 1. The van der Waals surface area contributed by atoms with Gasteiger partial charge >= 0.3 is 12.3 Å². The summed E-state index contributed by atoms with van der Waals surface area (Å²) in [7, 11) is 2.45. The summed E-state index contributed by atoms with van der Waals surface area (Å²) in [5.41, 5.74) is 0.428. The average molecular weight is 375 g/mol. The number of nitrogens with zero attached hydrogens (tertiary/aromatic N) is 1. The number of halogens is 3. The Bertz CT molecular complexity index is 690. The zero-order valence-corrected chi connectivity index (χ0v) is 14.7. The van der Waals surface area contributed by atoms with Crippen LogP contribution in [0.4, 0.5) is 13.2 Å². The first-order chi connectivity index (χ1) is 12.2. The highest BCUT2D eigenvalue weighted by Crippen LogP contribution is 2.38. The van der Waals surface area contributed by atoms with E-state index in [1.54, 1.807) is 0 Å². The standard InChI is InChI=1S/C17H20F3NO5/c1-4-5-10-8-11(9-13(14(10)24-2)26-17(18,19)20)15(22)21-7-6-12(21)16(23)25-3/h8-9,12H,4-7H2,1-3H3. The largest absolute Gasteiger partial charge is 0.573 e. The van der Waals surface area contributed by atoms with Gasteiger partial charge in [-0.05, 0) is 30.5 Å². The van der Waals surface area contributed by atoms with Crippen LogP contribution in [0.15, 0.2) is 12.1 Å². The Morgan fingerprint density at radius 1 is 1.27 bits per heavy atom. The van der Waals surface area contributed by atoms with Crippen LogP contribution < -0.4 is 9.47 Å². The topological polar surface area (TPSA) is 65.1 Å². The molecule has 0 radical (unpaired) electrons. The molecule has 1 unspecified atom stereocenters. The summed E-state index contributed by atoms with van der Waals surface area (Å²) in [5, 5.41) is 0. The maximum absolute atomic E-state index is 12.7. The van der Waals surface area contributed by atoms with E-state index in [0.29, 0.717) is 31.4 Å². The molecule has 1 fully saturated rings. The molecule has 26 heavy (non-hydrogen) atoms. The lowest BCUT2D eigenvalue weighted by atomic mass is 9.99. The predicted molar refractivity (Wildman–Crippen MR) is 85.1 cm³/mol. The molecule has 0 N–H and O–H groups in total. The number of ether oxygens (including phenoxy) is 3. The lowest BCUT2D eigenvalue weighted by Gasteiger charge is -2.38. The van der Waals surface area contributed by atoms with Crippen molar-refractivity contribution >= 4 is 11.9 Å². The molecule has 0 bridgehead atoms. The lowest BCUT2D eigenvalue weighted by Crippen LogP contribution is -2.55. The van der Waals surface area contributed by atoms with Crippen LogP contribution in [0.2, 0.25) is 0 Å².